The summed E-state index contributed by atoms with van der Waals surface area (Å²) in [4.78, 5) is 2.59. The van der Waals surface area contributed by atoms with E-state index in [1.165, 1.54) is 63.3 Å². The molecule has 8 aromatic carbocycles. The van der Waals surface area contributed by atoms with Crippen LogP contribution < -0.4 is 0 Å². The van der Waals surface area contributed by atoms with Crippen LogP contribution >= 0.6 is 22.7 Å². The van der Waals surface area contributed by atoms with E-state index in [0.29, 0.717) is 0 Å². The van der Waals surface area contributed by atoms with Crippen molar-refractivity contribution in [2.24, 2.45) is 0 Å². The van der Waals surface area contributed by atoms with Crippen molar-refractivity contribution in [1.29, 1.82) is 0 Å². The van der Waals surface area contributed by atoms with Crippen molar-refractivity contribution < 1.29 is 8.83 Å². The molecule has 0 amide bonds. The molecule has 0 N–H and O–H groups in total. The number of fused-ring (bicyclic) bond motifs is 5. The Morgan fingerprint density at radius 1 is 0.259 bits per heavy atom. The second-order valence-electron chi connectivity index (χ2n) is 15.0. The van der Waals surface area contributed by atoms with Gasteiger partial charge in [-0.3, -0.25) is 0 Å². The van der Waals surface area contributed by atoms with E-state index >= 15 is 0 Å². The number of thiophene rings is 2. The van der Waals surface area contributed by atoms with E-state index in [0.717, 1.165) is 55.4 Å². The summed E-state index contributed by atoms with van der Waals surface area (Å²) in [5.41, 5.74) is 11.2. The van der Waals surface area contributed by atoms with Gasteiger partial charge >= 0.3 is 0 Å². The largest absolute Gasteiger partial charge is 0.456 e. The highest BCUT2D eigenvalue weighted by molar-refractivity contribution is 7.22. The van der Waals surface area contributed by atoms with E-state index < -0.39 is 0 Å². The third-order valence-electron chi connectivity index (χ3n) is 11.3. The van der Waals surface area contributed by atoms with Crippen molar-refractivity contribution in [3.63, 3.8) is 0 Å². The highest BCUT2D eigenvalue weighted by Gasteiger charge is 2.14. The molecule has 58 heavy (non-hydrogen) atoms. The number of hydrogen-bond donors (Lipinski definition) is 0. The molecule has 0 radical (unpaired) electrons. The first kappa shape index (κ1) is 33.2. The lowest BCUT2D eigenvalue weighted by Gasteiger charge is -2.03. The molecule has 4 heteroatoms. The molecule has 0 saturated heterocycles. The highest BCUT2D eigenvalue weighted by Crippen LogP contribution is 2.40. The number of hydrogen-bond acceptors (Lipinski definition) is 4. The zero-order valence-electron chi connectivity index (χ0n) is 31.1. The van der Waals surface area contributed by atoms with Gasteiger partial charge in [0.15, 0.2) is 0 Å². The Morgan fingerprint density at radius 2 is 0.724 bits per heavy atom. The lowest BCUT2D eigenvalue weighted by molar-refractivity contribution is 0.631. The average Bonchev–Trinajstić information content (AvgIpc) is 4.09. The van der Waals surface area contributed by atoms with Crippen LogP contribution in [-0.2, 0) is 0 Å². The van der Waals surface area contributed by atoms with Gasteiger partial charge in [-0.05, 0) is 122 Å². The van der Waals surface area contributed by atoms with E-state index in [9.17, 15) is 0 Å². The molecule has 0 spiro atoms. The Kier molecular flexibility index (Phi) is 7.62. The number of rotatable bonds is 6. The van der Waals surface area contributed by atoms with Gasteiger partial charge in [0.2, 0.25) is 0 Å². The number of benzene rings is 8. The van der Waals surface area contributed by atoms with Gasteiger partial charge in [-0.25, -0.2) is 0 Å². The lowest BCUT2D eigenvalue weighted by Crippen LogP contribution is -1.79. The lowest BCUT2D eigenvalue weighted by atomic mass is 10.0. The normalized spacial score (nSPS) is 11.8. The topological polar surface area (TPSA) is 26.3 Å². The standard InChI is InChI=1S/C54H32O2S2/c1-3-7-37(8-4-1)52-31-41-20-19-40(30-54(41)58-52)34-13-17-36(18-14-34)48-29-45-25-43-26-49-44(24-42(43)27-50(45)56-48)28-47(55-49)35-15-11-33(12-16-35)39-21-22-51-46(23-39)32-53(57-51)38-9-5-2-6-10-38/h1-32H. The molecule has 4 aromatic heterocycles. The zero-order chi connectivity index (χ0) is 38.2. The van der Waals surface area contributed by atoms with Gasteiger partial charge in [-0.1, -0.05) is 127 Å². The quantitative estimate of drug-likeness (QED) is 0.168. The molecule has 0 bridgehead atoms. The Labute approximate surface area is 342 Å². The summed E-state index contributed by atoms with van der Waals surface area (Å²) in [7, 11) is 0. The van der Waals surface area contributed by atoms with Gasteiger partial charge in [-0.2, -0.15) is 0 Å². The van der Waals surface area contributed by atoms with Crippen LogP contribution in [0.2, 0.25) is 0 Å². The highest BCUT2D eigenvalue weighted by atomic mass is 32.1. The summed E-state index contributed by atoms with van der Waals surface area (Å²) in [5, 5.41) is 6.94. The predicted octanol–water partition coefficient (Wildman–Crippen LogP) is 16.8. The molecule has 0 aliphatic heterocycles. The average molecular weight is 777 g/mol. The fourth-order valence-corrected chi connectivity index (χ4v) is 10.3. The molecule has 0 unspecified atom stereocenters. The molecular weight excluding hydrogens is 745 g/mol. The van der Waals surface area contributed by atoms with Crippen molar-refractivity contribution in [3.8, 4) is 65.8 Å². The first-order chi connectivity index (χ1) is 28.6. The van der Waals surface area contributed by atoms with E-state index in [-0.39, 0.29) is 0 Å². The molecule has 0 aliphatic carbocycles. The summed E-state index contributed by atoms with van der Waals surface area (Å²) >= 11 is 3.68. The number of furan rings is 2. The maximum Gasteiger partial charge on any atom is 0.135 e. The van der Waals surface area contributed by atoms with Crippen LogP contribution in [0.1, 0.15) is 0 Å². The van der Waals surface area contributed by atoms with E-state index in [1.807, 2.05) is 22.7 Å². The molecule has 272 valence electrons. The first-order valence-electron chi connectivity index (χ1n) is 19.4. The van der Waals surface area contributed by atoms with Gasteiger partial charge < -0.3 is 8.83 Å². The molecule has 12 aromatic rings. The van der Waals surface area contributed by atoms with Crippen molar-refractivity contribution in [1.82, 2.24) is 0 Å². The van der Waals surface area contributed by atoms with E-state index in [1.54, 1.807) is 0 Å². The Hall–Kier alpha value is -6.98. The molecule has 4 heterocycles. The van der Waals surface area contributed by atoms with Crippen LogP contribution in [0.3, 0.4) is 0 Å². The molecule has 0 fully saturated rings. The summed E-state index contributed by atoms with van der Waals surface area (Å²) in [6.07, 6.45) is 0. The molecule has 0 atom stereocenters. The van der Waals surface area contributed by atoms with Crippen molar-refractivity contribution in [2.75, 3.05) is 0 Å². The van der Waals surface area contributed by atoms with Crippen LogP contribution in [0.15, 0.2) is 203 Å². The third-order valence-corrected chi connectivity index (χ3v) is 13.6. The van der Waals surface area contributed by atoms with Crippen molar-refractivity contribution >= 4 is 75.6 Å². The predicted molar refractivity (Wildman–Crippen MR) is 247 cm³/mol. The Balaban J connectivity index is 0.791. The minimum Gasteiger partial charge on any atom is -0.456 e. The maximum absolute atomic E-state index is 6.47. The molecule has 12 rings (SSSR count). The van der Waals surface area contributed by atoms with Crippen molar-refractivity contribution in [2.45, 2.75) is 0 Å². The molecular formula is C54H32O2S2. The summed E-state index contributed by atoms with van der Waals surface area (Å²) < 4.78 is 15.5. The van der Waals surface area contributed by atoms with Gasteiger partial charge in [0.05, 0.1) is 0 Å². The van der Waals surface area contributed by atoms with Gasteiger partial charge in [0.25, 0.3) is 0 Å². The molecule has 0 aliphatic rings. The fraction of sp³-hybridized carbons (Fsp3) is 0. The Bertz CT molecular complexity index is 3170. The van der Waals surface area contributed by atoms with Crippen LogP contribution in [0, 0.1) is 0 Å². The maximum atomic E-state index is 6.47. The second kappa shape index (κ2) is 13.3. The summed E-state index contributed by atoms with van der Waals surface area (Å²) in [5.74, 6) is 1.72. The monoisotopic (exact) mass is 776 g/mol. The minimum atomic E-state index is 0.860. The van der Waals surface area contributed by atoms with Gasteiger partial charge in [-0.15, -0.1) is 22.7 Å². The van der Waals surface area contributed by atoms with Crippen LogP contribution in [0.5, 0.6) is 0 Å². The van der Waals surface area contributed by atoms with E-state index in [2.05, 4.69) is 194 Å². The van der Waals surface area contributed by atoms with Gasteiger partial charge in [0.1, 0.15) is 22.7 Å². The van der Waals surface area contributed by atoms with Crippen molar-refractivity contribution in [3.05, 3.63) is 194 Å². The fourth-order valence-electron chi connectivity index (χ4n) is 8.19. The minimum absolute atomic E-state index is 0.860. The third kappa shape index (κ3) is 5.85. The van der Waals surface area contributed by atoms with Gasteiger partial charge in [0, 0.05) is 41.1 Å². The van der Waals surface area contributed by atoms with Crippen LogP contribution in [0.4, 0.5) is 0 Å². The van der Waals surface area contributed by atoms with Crippen LogP contribution in [-0.4, -0.2) is 0 Å². The van der Waals surface area contributed by atoms with E-state index in [4.69, 9.17) is 8.83 Å². The molecule has 0 saturated carbocycles. The Morgan fingerprint density at radius 3 is 1.29 bits per heavy atom. The zero-order valence-corrected chi connectivity index (χ0v) is 32.7. The summed E-state index contributed by atoms with van der Waals surface area (Å²) in [6.45, 7) is 0. The second-order valence-corrected chi connectivity index (χ2v) is 17.1. The SMILES string of the molecule is c1ccc(-c2cc3cc(-c4ccc(-c5cc6cc7cc8oc(-c9ccc(-c%10ccc%11cc(-c%12ccccc%12)sc%11c%10)cc9)cc8cc7cc6o5)cc4)ccc3s2)cc1. The first-order valence-corrected chi connectivity index (χ1v) is 21.1. The summed E-state index contributed by atoms with van der Waals surface area (Å²) in [6, 6.07) is 69.7. The smallest absolute Gasteiger partial charge is 0.135 e. The molecule has 2 nitrogen and oxygen atoms in total. The van der Waals surface area contributed by atoms with Crippen LogP contribution in [0.25, 0.3) is 119 Å².